The highest BCUT2D eigenvalue weighted by atomic mass is 16.5. The quantitative estimate of drug-likeness (QED) is 0.634. The zero-order valence-electron chi connectivity index (χ0n) is 9.06. The molecular weight excluding hydrogens is 196 g/mol. The highest BCUT2D eigenvalue weighted by molar-refractivity contribution is 5.83. The molecule has 5 heteroatoms. The fraction of sp³-hybridized carbons (Fsp3) is 0.900. The Hall–Kier alpha value is -0.650. The molecule has 2 saturated heterocycles. The lowest BCUT2D eigenvalue weighted by Crippen LogP contribution is -2.54. The Balaban J connectivity index is 2.04. The summed E-state index contributed by atoms with van der Waals surface area (Å²) in [6.07, 6.45) is 0.867. The summed E-state index contributed by atoms with van der Waals surface area (Å²) in [5.74, 6) is 0.176. The van der Waals surface area contributed by atoms with Crippen molar-refractivity contribution in [3.8, 4) is 0 Å². The van der Waals surface area contributed by atoms with Crippen molar-refractivity contribution >= 4 is 5.91 Å². The number of hydrogen-bond donors (Lipinski definition) is 1. The predicted molar refractivity (Wildman–Crippen MR) is 54.4 cm³/mol. The van der Waals surface area contributed by atoms with E-state index in [-0.39, 0.29) is 24.6 Å². The molecule has 1 N–H and O–H groups in total. The number of hydrogen-bond acceptors (Lipinski definition) is 4. The van der Waals surface area contributed by atoms with Gasteiger partial charge in [0.05, 0.1) is 31.9 Å². The van der Waals surface area contributed by atoms with E-state index in [1.54, 1.807) is 4.90 Å². The van der Waals surface area contributed by atoms with Crippen molar-refractivity contribution in [1.29, 1.82) is 0 Å². The molecule has 0 aromatic carbocycles. The highest BCUT2D eigenvalue weighted by Gasteiger charge is 2.38. The lowest BCUT2D eigenvalue weighted by Gasteiger charge is -2.37. The van der Waals surface area contributed by atoms with Crippen LogP contribution in [0.15, 0.2) is 0 Å². The average molecular weight is 214 g/mol. The van der Waals surface area contributed by atoms with E-state index in [2.05, 4.69) is 4.90 Å². The van der Waals surface area contributed by atoms with Gasteiger partial charge in [-0.2, -0.15) is 0 Å². The maximum absolute atomic E-state index is 11.8. The van der Waals surface area contributed by atoms with Gasteiger partial charge in [-0.1, -0.05) is 0 Å². The van der Waals surface area contributed by atoms with Crippen LogP contribution >= 0.6 is 0 Å². The van der Waals surface area contributed by atoms with Gasteiger partial charge in [0.2, 0.25) is 5.91 Å². The second kappa shape index (κ2) is 4.47. The summed E-state index contributed by atoms with van der Waals surface area (Å²) in [4.78, 5) is 15.7. The van der Waals surface area contributed by atoms with Crippen LogP contribution < -0.4 is 0 Å². The van der Waals surface area contributed by atoms with Gasteiger partial charge in [-0.05, 0) is 6.42 Å². The summed E-state index contributed by atoms with van der Waals surface area (Å²) < 4.78 is 5.30. The van der Waals surface area contributed by atoms with Gasteiger partial charge in [-0.15, -0.1) is 0 Å². The molecule has 2 atom stereocenters. The summed E-state index contributed by atoms with van der Waals surface area (Å²) in [5.41, 5.74) is 0. The number of aliphatic hydroxyl groups excluding tert-OH is 1. The summed E-state index contributed by atoms with van der Waals surface area (Å²) in [6, 6.07) is -0.0600. The number of rotatable bonds is 2. The van der Waals surface area contributed by atoms with E-state index in [0.717, 1.165) is 19.5 Å². The molecule has 5 nitrogen and oxygen atoms in total. The van der Waals surface area contributed by atoms with Crippen LogP contribution in [0.2, 0.25) is 0 Å². The van der Waals surface area contributed by atoms with Crippen molar-refractivity contribution in [2.24, 2.45) is 0 Å². The third-order valence-electron chi connectivity index (χ3n) is 3.28. The lowest BCUT2D eigenvalue weighted by atomic mass is 10.1. The predicted octanol–water partition coefficient (Wildman–Crippen LogP) is -1.09. The standard InChI is InChI=1S/C10H18N2O3/c1-11-3-2-9(10(11)14)12-4-5-15-7-8(12)6-13/h8-9,13H,2-7H2,1H3. The number of carbonyl (C=O) groups is 1. The number of carbonyl (C=O) groups excluding carboxylic acids is 1. The minimum atomic E-state index is -0.0453. The Morgan fingerprint density at radius 3 is 2.93 bits per heavy atom. The fourth-order valence-electron chi connectivity index (χ4n) is 2.35. The molecule has 0 radical (unpaired) electrons. The third kappa shape index (κ3) is 2.00. The second-order valence-electron chi connectivity index (χ2n) is 4.21. The van der Waals surface area contributed by atoms with Gasteiger partial charge in [-0.25, -0.2) is 0 Å². The van der Waals surface area contributed by atoms with Crippen LogP contribution in [0.3, 0.4) is 0 Å². The van der Waals surface area contributed by atoms with Gasteiger partial charge >= 0.3 is 0 Å². The van der Waals surface area contributed by atoms with Crippen LogP contribution in [0.4, 0.5) is 0 Å². The van der Waals surface area contributed by atoms with E-state index in [1.165, 1.54) is 0 Å². The number of likely N-dealkylation sites (N-methyl/N-ethyl adjacent to an activating group) is 1. The monoisotopic (exact) mass is 214 g/mol. The third-order valence-corrected chi connectivity index (χ3v) is 3.28. The van der Waals surface area contributed by atoms with Crippen molar-refractivity contribution in [2.75, 3.05) is 40.0 Å². The number of aliphatic hydroxyl groups is 1. The summed E-state index contributed by atoms with van der Waals surface area (Å²) in [6.45, 7) is 2.82. The Morgan fingerprint density at radius 2 is 2.33 bits per heavy atom. The van der Waals surface area contributed by atoms with Crippen molar-refractivity contribution in [3.05, 3.63) is 0 Å². The molecular formula is C10H18N2O3. The van der Waals surface area contributed by atoms with E-state index in [9.17, 15) is 9.90 Å². The minimum absolute atomic E-state index is 0.0146. The molecule has 0 aromatic rings. The molecule has 0 saturated carbocycles. The van der Waals surface area contributed by atoms with Gasteiger partial charge < -0.3 is 14.7 Å². The number of nitrogens with zero attached hydrogens (tertiary/aromatic N) is 2. The molecule has 2 aliphatic heterocycles. The van der Waals surface area contributed by atoms with Crippen LogP contribution in [0.1, 0.15) is 6.42 Å². The first-order chi connectivity index (χ1) is 7.24. The zero-order chi connectivity index (χ0) is 10.8. The molecule has 2 aliphatic rings. The average Bonchev–Trinajstić information content (AvgIpc) is 2.60. The van der Waals surface area contributed by atoms with E-state index < -0.39 is 0 Å². The first kappa shape index (κ1) is 10.9. The first-order valence-electron chi connectivity index (χ1n) is 5.43. The topological polar surface area (TPSA) is 53.0 Å². The van der Waals surface area contributed by atoms with Crippen molar-refractivity contribution < 1.29 is 14.6 Å². The van der Waals surface area contributed by atoms with Gasteiger partial charge in [0.25, 0.3) is 0 Å². The lowest BCUT2D eigenvalue weighted by molar-refractivity contribution is -0.135. The van der Waals surface area contributed by atoms with Gasteiger partial charge in [0.15, 0.2) is 0 Å². The maximum atomic E-state index is 11.8. The van der Waals surface area contributed by atoms with E-state index >= 15 is 0 Å². The SMILES string of the molecule is CN1CCC(N2CCOCC2CO)C1=O. The normalized spacial score (nSPS) is 33.7. The van der Waals surface area contributed by atoms with Crippen LogP contribution in [0.25, 0.3) is 0 Å². The smallest absolute Gasteiger partial charge is 0.239 e. The summed E-state index contributed by atoms with van der Waals surface area (Å²) >= 11 is 0. The number of ether oxygens (including phenoxy) is 1. The number of morpholine rings is 1. The van der Waals surface area contributed by atoms with Gasteiger partial charge in [-0.3, -0.25) is 9.69 Å². The molecule has 86 valence electrons. The largest absolute Gasteiger partial charge is 0.395 e. The van der Waals surface area contributed by atoms with E-state index in [4.69, 9.17) is 4.74 Å². The van der Waals surface area contributed by atoms with Crippen molar-refractivity contribution in [1.82, 2.24) is 9.80 Å². The molecule has 0 aliphatic carbocycles. The number of amides is 1. The van der Waals surface area contributed by atoms with Crippen LogP contribution in [-0.2, 0) is 9.53 Å². The van der Waals surface area contributed by atoms with Crippen LogP contribution in [-0.4, -0.2) is 72.9 Å². The molecule has 2 unspecified atom stereocenters. The van der Waals surface area contributed by atoms with Crippen molar-refractivity contribution in [3.63, 3.8) is 0 Å². The fourth-order valence-corrected chi connectivity index (χ4v) is 2.35. The molecule has 1 amide bonds. The summed E-state index contributed by atoms with van der Waals surface area (Å²) in [5, 5.41) is 9.23. The minimum Gasteiger partial charge on any atom is -0.395 e. The van der Waals surface area contributed by atoms with Crippen molar-refractivity contribution in [2.45, 2.75) is 18.5 Å². The Kier molecular flexibility index (Phi) is 3.23. The molecule has 15 heavy (non-hydrogen) atoms. The molecule has 2 rings (SSSR count). The second-order valence-corrected chi connectivity index (χ2v) is 4.21. The van der Waals surface area contributed by atoms with E-state index in [0.29, 0.717) is 13.2 Å². The molecule has 0 spiro atoms. The Morgan fingerprint density at radius 1 is 1.53 bits per heavy atom. The highest BCUT2D eigenvalue weighted by Crippen LogP contribution is 2.20. The van der Waals surface area contributed by atoms with Gasteiger partial charge in [0, 0.05) is 20.1 Å². The molecule has 0 bridgehead atoms. The summed E-state index contributed by atoms with van der Waals surface area (Å²) in [7, 11) is 1.83. The zero-order valence-corrected chi connectivity index (χ0v) is 9.06. The Labute approximate surface area is 89.6 Å². The maximum Gasteiger partial charge on any atom is 0.239 e. The molecule has 0 aromatic heterocycles. The first-order valence-corrected chi connectivity index (χ1v) is 5.43. The Bertz CT molecular complexity index is 247. The van der Waals surface area contributed by atoms with Crippen LogP contribution in [0.5, 0.6) is 0 Å². The van der Waals surface area contributed by atoms with Gasteiger partial charge in [0.1, 0.15) is 0 Å². The molecule has 2 heterocycles. The molecule has 2 fully saturated rings. The van der Waals surface area contributed by atoms with E-state index in [1.807, 2.05) is 7.05 Å². The number of likely N-dealkylation sites (tertiary alicyclic amines) is 1. The van der Waals surface area contributed by atoms with Crippen LogP contribution in [0, 0.1) is 0 Å².